The zero-order valence-corrected chi connectivity index (χ0v) is 9.29. The Morgan fingerprint density at radius 3 is 2.93 bits per heavy atom. The lowest BCUT2D eigenvalue weighted by molar-refractivity contribution is 0.413. The molecule has 2 rings (SSSR count). The quantitative estimate of drug-likeness (QED) is 0.817. The van der Waals surface area contributed by atoms with E-state index < -0.39 is 0 Å². The standard InChI is InChI=1S/C13H17NO/c1-9(8-14)11-7-6-10-4-3-5-12(15-2)13(10)11/h3-5,7,9H,6,8,14H2,1-2H3. The van der Waals surface area contributed by atoms with Crippen LogP contribution >= 0.6 is 0 Å². The molecule has 0 spiro atoms. The number of allylic oxidation sites excluding steroid dienone is 1. The maximum Gasteiger partial charge on any atom is 0.126 e. The summed E-state index contributed by atoms with van der Waals surface area (Å²) in [7, 11) is 1.72. The zero-order valence-electron chi connectivity index (χ0n) is 9.29. The Bertz CT molecular complexity index is 396. The summed E-state index contributed by atoms with van der Waals surface area (Å²) in [5, 5.41) is 0. The van der Waals surface area contributed by atoms with E-state index in [-0.39, 0.29) is 0 Å². The van der Waals surface area contributed by atoms with E-state index in [0.29, 0.717) is 12.5 Å². The van der Waals surface area contributed by atoms with Crippen LogP contribution in [0.3, 0.4) is 0 Å². The third kappa shape index (κ3) is 1.65. The predicted octanol–water partition coefficient (Wildman–Crippen LogP) is 2.23. The van der Waals surface area contributed by atoms with Gasteiger partial charge < -0.3 is 10.5 Å². The predicted molar refractivity (Wildman–Crippen MR) is 62.9 cm³/mol. The van der Waals surface area contributed by atoms with Crippen molar-refractivity contribution in [2.75, 3.05) is 13.7 Å². The normalized spacial score (nSPS) is 15.8. The molecule has 0 heterocycles. The van der Waals surface area contributed by atoms with Crippen molar-refractivity contribution in [2.45, 2.75) is 13.3 Å². The number of hydrogen-bond donors (Lipinski definition) is 1. The maximum atomic E-state index is 5.72. The Balaban J connectivity index is 2.45. The van der Waals surface area contributed by atoms with Gasteiger partial charge in [0.1, 0.15) is 5.75 Å². The molecule has 2 heteroatoms. The molecule has 1 aliphatic rings. The highest BCUT2D eigenvalue weighted by molar-refractivity contribution is 5.78. The van der Waals surface area contributed by atoms with E-state index in [9.17, 15) is 0 Å². The van der Waals surface area contributed by atoms with Crippen LogP contribution in [0.25, 0.3) is 5.57 Å². The first-order valence-electron chi connectivity index (χ1n) is 5.34. The molecule has 15 heavy (non-hydrogen) atoms. The van der Waals surface area contributed by atoms with E-state index in [1.165, 1.54) is 16.7 Å². The lowest BCUT2D eigenvalue weighted by Gasteiger charge is -2.15. The zero-order chi connectivity index (χ0) is 10.8. The van der Waals surface area contributed by atoms with E-state index in [1.54, 1.807) is 7.11 Å². The van der Waals surface area contributed by atoms with Crippen LogP contribution in [0.4, 0.5) is 0 Å². The van der Waals surface area contributed by atoms with Gasteiger partial charge in [0.05, 0.1) is 7.11 Å². The molecule has 2 nitrogen and oxygen atoms in total. The Labute approximate surface area is 90.7 Å². The minimum absolute atomic E-state index is 0.405. The molecule has 0 aromatic heterocycles. The van der Waals surface area contributed by atoms with Gasteiger partial charge in [-0.15, -0.1) is 0 Å². The molecule has 0 saturated heterocycles. The van der Waals surface area contributed by atoms with E-state index in [2.05, 4.69) is 19.1 Å². The summed E-state index contributed by atoms with van der Waals surface area (Å²) in [5.41, 5.74) is 9.67. The molecule has 0 radical (unpaired) electrons. The summed E-state index contributed by atoms with van der Waals surface area (Å²) >= 11 is 0. The molecule has 0 fully saturated rings. The van der Waals surface area contributed by atoms with E-state index in [1.807, 2.05) is 12.1 Å². The number of nitrogens with two attached hydrogens (primary N) is 1. The summed E-state index contributed by atoms with van der Waals surface area (Å²) in [6.07, 6.45) is 3.27. The Hall–Kier alpha value is -1.28. The van der Waals surface area contributed by atoms with Crippen molar-refractivity contribution in [3.8, 4) is 5.75 Å². The van der Waals surface area contributed by atoms with Crippen LogP contribution in [-0.2, 0) is 6.42 Å². The molecule has 1 atom stereocenters. The van der Waals surface area contributed by atoms with Crippen molar-refractivity contribution in [2.24, 2.45) is 11.7 Å². The van der Waals surface area contributed by atoms with Gasteiger partial charge >= 0.3 is 0 Å². The molecule has 1 aliphatic carbocycles. The van der Waals surface area contributed by atoms with Crippen molar-refractivity contribution in [3.63, 3.8) is 0 Å². The van der Waals surface area contributed by atoms with Gasteiger partial charge in [-0.05, 0) is 36.1 Å². The fourth-order valence-corrected chi connectivity index (χ4v) is 2.14. The second-order valence-electron chi connectivity index (χ2n) is 3.99. The third-order valence-corrected chi connectivity index (χ3v) is 3.05. The smallest absolute Gasteiger partial charge is 0.126 e. The van der Waals surface area contributed by atoms with Crippen molar-refractivity contribution in [1.29, 1.82) is 0 Å². The number of rotatable bonds is 3. The molecular weight excluding hydrogens is 186 g/mol. The highest BCUT2D eigenvalue weighted by atomic mass is 16.5. The summed E-state index contributed by atoms with van der Waals surface area (Å²) in [4.78, 5) is 0. The van der Waals surface area contributed by atoms with Gasteiger partial charge in [-0.3, -0.25) is 0 Å². The first kappa shape index (κ1) is 10.2. The fraction of sp³-hybridized carbons (Fsp3) is 0.385. The van der Waals surface area contributed by atoms with E-state index >= 15 is 0 Å². The largest absolute Gasteiger partial charge is 0.496 e. The van der Waals surface area contributed by atoms with Gasteiger partial charge in [0.2, 0.25) is 0 Å². The third-order valence-electron chi connectivity index (χ3n) is 3.05. The SMILES string of the molecule is COc1cccc2c1C(C(C)CN)=CC2. The summed E-state index contributed by atoms with van der Waals surface area (Å²) in [5.74, 6) is 1.37. The van der Waals surface area contributed by atoms with Gasteiger partial charge in [-0.25, -0.2) is 0 Å². The van der Waals surface area contributed by atoms with Crippen molar-refractivity contribution < 1.29 is 4.74 Å². The second kappa shape index (κ2) is 4.07. The highest BCUT2D eigenvalue weighted by Crippen LogP contribution is 2.38. The van der Waals surface area contributed by atoms with Crippen LogP contribution in [0, 0.1) is 5.92 Å². The Kier molecular flexibility index (Phi) is 2.78. The minimum Gasteiger partial charge on any atom is -0.496 e. The van der Waals surface area contributed by atoms with Crippen LogP contribution in [0.1, 0.15) is 18.1 Å². The first-order chi connectivity index (χ1) is 7.27. The van der Waals surface area contributed by atoms with Crippen molar-refractivity contribution >= 4 is 5.57 Å². The fourth-order valence-electron chi connectivity index (χ4n) is 2.14. The second-order valence-corrected chi connectivity index (χ2v) is 3.99. The molecule has 1 aromatic carbocycles. The van der Waals surface area contributed by atoms with Crippen molar-refractivity contribution in [3.05, 3.63) is 35.4 Å². The van der Waals surface area contributed by atoms with Gasteiger partial charge in [-0.2, -0.15) is 0 Å². The number of benzene rings is 1. The molecule has 80 valence electrons. The topological polar surface area (TPSA) is 35.2 Å². The Morgan fingerprint density at radius 1 is 1.47 bits per heavy atom. The van der Waals surface area contributed by atoms with Gasteiger partial charge in [-0.1, -0.05) is 25.1 Å². The highest BCUT2D eigenvalue weighted by Gasteiger charge is 2.21. The monoisotopic (exact) mass is 203 g/mol. The van der Waals surface area contributed by atoms with Crippen molar-refractivity contribution in [1.82, 2.24) is 0 Å². The number of methoxy groups -OCH3 is 1. The van der Waals surface area contributed by atoms with Crippen LogP contribution < -0.4 is 10.5 Å². The lowest BCUT2D eigenvalue weighted by atomic mass is 9.95. The lowest BCUT2D eigenvalue weighted by Crippen LogP contribution is -2.12. The van der Waals surface area contributed by atoms with Gasteiger partial charge in [0, 0.05) is 5.56 Å². The molecule has 0 aliphatic heterocycles. The van der Waals surface area contributed by atoms with Crippen LogP contribution in [0.5, 0.6) is 5.75 Å². The average Bonchev–Trinajstić information content (AvgIpc) is 2.71. The van der Waals surface area contributed by atoms with Crippen LogP contribution in [0.15, 0.2) is 24.3 Å². The summed E-state index contributed by atoms with van der Waals surface area (Å²) in [6.45, 7) is 2.84. The molecule has 2 N–H and O–H groups in total. The van der Waals surface area contributed by atoms with Gasteiger partial charge in [0.25, 0.3) is 0 Å². The molecular formula is C13H17NO. The summed E-state index contributed by atoms with van der Waals surface area (Å²) in [6, 6.07) is 6.22. The summed E-state index contributed by atoms with van der Waals surface area (Å²) < 4.78 is 5.40. The Morgan fingerprint density at radius 2 is 2.27 bits per heavy atom. The van der Waals surface area contributed by atoms with E-state index in [4.69, 9.17) is 10.5 Å². The van der Waals surface area contributed by atoms with Crippen LogP contribution in [-0.4, -0.2) is 13.7 Å². The molecule has 0 bridgehead atoms. The van der Waals surface area contributed by atoms with Gasteiger partial charge in [0.15, 0.2) is 0 Å². The molecule has 0 amide bonds. The molecule has 0 saturated carbocycles. The number of ether oxygens (including phenoxy) is 1. The first-order valence-corrected chi connectivity index (χ1v) is 5.34. The molecule has 1 unspecified atom stereocenters. The average molecular weight is 203 g/mol. The molecule has 1 aromatic rings. The number of hydrogen-bond acceptors (Lipinski definition) is 2. The van der Waals surface area contributed by atoms with Crippen LogP contribution in [0.2, 0.25) is 0 Å². The maximum absolute atomic E-state index is 5.72. The number of fused-ring (bicyclic) bond motifs is 1. The minimum atomic E-state index is 0.405. The van der Waals surface area contributed by atoms with E-state index in [0.717, 1.165) is 12.2 Å².